The SMILES string of the molecule is O=c1onc(Cc2ccc(F)cc2)n1CCc1cccc(F)c1F. The van der Waals surface area contributed by atoms with Crippen LogP contribution < -0.4 is 5.76 Å². The van der Waals surface area contributed by atoms with Gasteiger partial charge in [0.2, 0.25) is 0 Å². The van der Waals surface area contributed by atoms with Crippen LogP contribution in [0.15, 0.2) is 51.8 Å². The molecular weight excluding hydrogens is 321 g/mol. The Balaban J connectivity index is 1.79. The molecule has 0 unspecified atom stereocenters. The molecule has 0 atom stereocenters. The molecule has 0 amide bonds. The first-order chi connectivity index (χ1) is 11.5. The van der Waals surface area contributed by atoms with Gasteiger partial charge in [-0.25, -0.2) is 18.0 Å². The Morgan fingerprint density at radius 2 is 1.79 bits per heavy atom. The van der Waals surface area contributed by atoms with E-state index < -0.39 is 17.4 Å². The highest BCUT2D eigenvalue weighted by molar-refractivity contribution is 5.21. The summed E-state index contributed by atoms with van der Waals surface area (Å²) in [6, 6.07) is 9.65. The predicted molar refractivity (Wildman–Crippen MR) is 80.0 cm³/mol. The van der Waals surface area contributed by atoms with Gasteiger partial charge in [-0.1, -0.05) is 29.4 Å². The Labute approximate surface area is 135 Å². The molecule has 0 fully saturated rings. The Hall–Kier alpha value is -2.83. The Kier molecular flexibility index (Phi) is 4.50. The molecule has 0 bridgehead atoms. The van der Waals surface area contributed by atoms with Crippen LogP contribution in [0.4, 0.5) is 13.2 Å². The highest BCUT2D eigenvalue weighted by Gasteiger charge is 2.13. The highest BCUT2D eigenvalue weighted by Crippen LogP contribution is 2.13. The molecule has 7 heteroatoms. The van der Waals surface area contributed by atoms with Crippen LogP contribution in [0, 0.1) is 17.5 Å². The second-order valence-corrected chi connectivity index (χ2v) is 5.28. The maximum Gasteiger partial charge on any atom is 0.441 e. The normalized spacial score (nSPS) is 11.0. The minimum absolute atomic E-state index is 0.0965. The Morgan fingerprint density at radius 3 is 2.54 bits per heavy atom. The summed E-state index contributed by atoms with van der Waals surface area (Å²) in [5, 5.41) is 3.70. The molecule has 0 radical (unpaired) electrons. The quantitative estimate of drug-likeness (QED) is 0.720. The van der Waals surface area contributed by atoms with Gasteiger partial charge >= 0.3 is 5.76 Å². The highest BCUT2D eigenvalue weighted by atomic mass is 19.2. The predicted octanol–water partition coefficient (Wildman–Crippen LogP) is 3.09. The number of halogens is 3. The lowest BCUT2D eigenvalue weighted by Gasteiger charge is -2.06. The lowest BCUT2D eigenvalue weighted by molar-refractivity contribution is 0.373. The minimum atomic E-state index is -0.934. The van der Waals surface area contributed by atoms with Gasteiger partial charge in [-0.15, -0.1) is 0 Å². The van der Waals surface area contributed by atoms with E-state index in [0.29, 0.717) is 5.82 Å². The number of hydrogen-bond acceptors (Lipinski definition) is 3. The summed E-state index contributed by atoms with van der Waals surface area (Å²) in [6.07, 6.45) is 0.374. The van der Waals surface area contributed by atoms with E-state index in [0.717, 1.165) is 11.6 Å². The summed E-state index contributed by atoms with van der Waals surface area (Å²) in [4.78, 5) is 11.8. The maximum absolute atomic E-state index is 13.7. The molecule has 0 aliphatic carbocycles. The van der Waals surface area contributed by atoms with Crippen molar-refractivity contribution in [3.8, 4) is 0 Å². The van der Waals surface area contributed by atoms with E-state index in [1.807, 2.05) is 0 Å². The van der Waals surface area contributed by atoms with Crippen LogP contribution in [0.3, 0.4) is 0 Å². The topological polar surface area (TPSA) is 48.0 Å². The first-order valence-corrected chi connectivity index (χ1v) is 7.27. The standard InChI is InChI=1S/C17H13F3N2O2/c18-13-6-4-11(5-7-13)10-15-21-24-17(23)22(15)9-8-12-2-1-3-14(19)16(12)20/h1-7H,8-10H2. The molecule has 1 heterocycles. The number of hydrogen-bond donors (Lipinski definition) is 0. The van der Waals surface area contributed by atoms with E-state index in [-0.39, 0.29) is 30.8 Å². The summed E-state index contributed by atoms with van der Waals surface area (Å²) >= 11 is 0. The van der Waals surface area contributed by atoms with E-state index in [4.69, 9.17) is 0 Å². The van der Waals surface area contributed by atoms with Crippen molar-refractivity contribution in [2.75, 3.05) is 0 Å². The van der Waals surface area contributed by atoms with Gasteiger partial charge < -0.3 is 0 Å². The molecular formula is C17H13F3N2O2. The molecule has 24 heavy (non-hydrogen) atoms. The fourth-order valence-electron chi connectivity index (χ4n) is 2.40. The molecule has 3 rings (SSSR count). The average Bonchev–Trinajstić information content (AvgIpc) is 2.91. The second-order valence-electron chi connectivity index (χ2n) is 5.28. The third kappa shape index (κ3) is 3.40. The van der Waals surface area contributed by atoms with Gasteiger partial charge in [0.15, 0.2) is 17.5 Å². The molecule has 2 aromatic carbocycles. The molecule has 124 valence electrons. The number of rotatable bonds is 5. The fraction of sp³-hybridized carbons (Fsp3) is 0.176. The van der Waals surface area contributed by atoms with Crippen molar-refractivity contribution < 1.29 is 17.7 Å². The van der Waals surface area contributed by atoms with Crippen molar-refractivity contribution in [1.29, 1.82) is 0 Å². The van der Waals surface area contributed by atoms with Gasteiger partial charge in [-0.2, -0.15) is 0 Å². The summed E-state index contributed by atoms with van der Waals surface area (Å²) < 4.78 is 45.7. The van der Waals surface area contributed by atoms with Gasteiger partial charge in [0.1, 0.15) is 5.82 Å². The van der Waals surface area contributed by atoms with E-state index in [9.17, 15) is 18.0 Å². The van der Waals surface area contributed by atoms with Crippen molar-refractivity contribution in [2.24, 2.45) is 0 Å². The summed E-state index contributed by atoms with van der Waals surface area (Å²) in [6.45, 7) is 0.0965. The zero-order chi connectivity index (χ0) is 17.1. The number of aryl methyl sites for hydroxylation is 1. The van der Waals surface area contributed by atoms with E-state index in [1.165, 1.54) is 28.8 Å². The monoisotopic (exact) mass is 334 g/mol. The smallest absolute Gasteiger partial charge is 0.296 e. The van der Waals surface area contributed by atoms with E-state index >= 15 is 0 Å². The van der Waals surface area contributed by atoms with Crippen molar-refractivity contribution in [2.45, 2.75) is 19.4 Å². The van der Waals surface area contributed by atoms with Crippen LogP contribution in [0.25, 0.3) is 0 Å². The molecule has 4 nitrogen and oxygen atoms in total. The average molecular weight is 334 g/mol. The summed E-state index contributed by atoms with van der Waals surface area (Å²) in [7, 11) is 0. The van der Waals surface area contributed by atoms with Crippen molar-refractivity contribution in [1.82, 2.24) is 9.72 Å². The molecule has 3 aromatic rings. The Morgan fingerprint density at radius 1 is 1.04 bits per heavy atom. The largest absolute Gasteiger partial charge is 0.441 e. The zero-order valence-electron chi connectivity index (χ0n) is 12.5. The molecule has 0 saturated heterocycles. The van der Waals surface area contributed by atoms with Crippen molar-refractivity contribution >= 4 is 0 Å². The van der Waals surface area contributed by atoms with E-state index in [1.54, 1.807) is 12.1 Å². The fourth-order valence-corrected chi connectivity index (χ4v) is 2.40. The molecule has 0 aliphatic rings. The summed E-state index contributed by atoms with van der Waals surface area (Å²) in [5.41, 5.74) is 0.909. The molecule has 0 N–H and O–H groups in total. The third-order valence-corrected chi connectivity index (χ3v) is 3.67. The van der Waals surface area contributed by atoms with Crippen LogP contribution >= 0.6 is 0 Å². The first kappa shape index (κ1) is 16.0. The van der Waals surface area contributed by atoms with Crippen LogP contribution in [0.2, 0.25) is 0 Å². The lowest BCUT2D eigenvalue weighted by Crippen LogP contribution is -2.19. The van der Waals surface area contributed by atoms with Crippen molar-refractivity contribution in [3.63, 3.8) is 0 Å². The van der Waals surface area contributed by atoms with E-state index in [2.05, 4.69) is 9.68 Å². The maximum atomic E-state index is 13.7. The molecule has 0 saturated carbocycles. The van der Waals surface area contributed by atoms with Crippen LogP contribution in [-0.4, -0.2) is 9.72 Å². The zero-order valence-corrected chi connectivity index (χ0v) is 12.5. The van der Waals surface area contributed by atoms with Gasteiger partial charge in [0.05, 0.1) is 0 Å². The molecule has 1 aromatic heterocycles. The molecule has 0 aliphatic heterocycles. The van der Waals surface area contributed by atoms with Gasteiger partial charge in [-0.3, -0.25) is 9.09 Å². The van der Waals surface area contributed by atoms with Gasteiger partial charge in [0.25, 0.3) is 0 Å². The lowest BCUT2D eigenvalue weighted by atomic mass is 10.1. The first-order valence-electron chi connectivity index (χ1n) is 7.27. The van der Waals surface area contributed by atoms with Gasteiger partial charge in [0, 0.05) is 13.0 Å². The number of nitrogens with zero attached hydrogens (tertiary/aromatic N) is 2. The van der Waals surface area contributed by atoms with Crippen LogP contribution in [-0.2, 0) is 19.4 Å². The van der Waals surface area contributed by atoms with Crippen LogP contribution in [0.5, 0.6) is 0 Å². The van der Waals surface area contributed by atoms with Crippen molar-refractivity contribution in [3.05, 3.63) is 87.4 Å². The molecule has 0 spiro atoms. The summed E-state index contributed by atoms with van der Waals surface area (Å²) in [5.74, 6) is -2.57. The minimum Gasteiger partial charge on any atom is -0.296 e. The number of benzene rings is 2. The second kappa shape index (κ2) is 6.74. The Bertz CT molecular complexity index is 901. The van der Waals surface area contributed by atoms with Crippen LogP contribution in [0.1, 0.15) is 17.0 Å². The number of aromatic nitrogens is 2. The third-order valence-electron chi connectivity index (χ3n) is 3.67. The van der Waals surface area contributed by atoms with Gasteiger partial charge in [-0.05, 0) is 35.7 Å².